The molecule has 0 atom stereocenters. The lowest BCUT2D eigenvalue weighted by molar-refractivity contribution is -0.115. The van der Waals surface area contributed by atoms with Crippen LogP contribution in [0.3, 0.4) is 0 Å². The van der Waals surface area contributed by atoms with Gasteiger partial charge in [0.2, 0.25) is 5.91 Å². The fourth-order valence-electron chi connectivity index (χ4n) is 1.27. The highest BCUT2D eigenvalue weighted by Gasteiger charge is 2.07. The molecule has 0 radical (unpaired) electrons. The first-order valence-electron chi connectivity index (χ1n) is 4.77. The van der Waals surface area contributed by atoms with E-state index in [9.17, 15) is 4.79 Å². The Labute approximate surface area is 108 Å². The Morgan fingerprint density at radius 3 is 2.82 bits per heavy atom. The van der Waals surface area contributed by atoms with Gasteiger partial charge < -0.3 is 9.73 Å². The number of hydrogen-bond acceptors (Lipinski definition) is 3. The first-order chi connectivity index (χ1) is 8.15. The van der Waals surface area contributed by atoms with Crippen molar-refractivity contribution in [3.63, 3.8) is 0 Å². The number of carbonyl (C=O) groups is 1. The molecule has 2 rings (SSSR count). The van der Waals surface area contributed by atoms with Gasteiger partial charge in [0.15, 0.2) is 6.39 Å². The van der Waals surface area contributed by atoms with Crippen LogP contribution in [-0.2, 0) is 11.2 Å². The Kier molecular flexibility index (Phi) is 3.66. The van der Waals surface area contributed by atoms with Gasteiger partial charge >= 0.3 is 0 Å². The fourth-order valence-corrected chi connectivity index (χ4v) is 1.57. The zero-order valence-electron chi connectivity index (χ0n) is 8.61. The summed E-state index contributed by atoms with van der Waals surface area (Å²) in [7, 11) is 0. The number of aromatic nitrogens is 1. The predicted octanol–water partition coefficient (Wildman–Crippen LogP) is 3.16. The van der Waals surface area contributed by atoms with Crippen LogP contribution in [0.5, 0.6) is 0 Å². The van der Waals surface area contributed by atoms with Crippen LogP contribution in [0.15, 0.2) is 35.3 Å². The van der Waals surface area contributed by atoms with E-state index in [1.807, 2.05) is 0 Å². The van der Waals surface area contributed by atoms with E-state index in [1.54, 1.807) is 18.2 Å². The fraction of sp³-hybridized carbons (Fsp3) is 0.0909. The molecule has 1 N–H and O–H groups in total. The first kappa shape index (κ1) is 12.0. The van der Waals surface area contributed by atoms with Gasteiger partial charge in [-0.3, -0.25) is 4.79 Å². The van der Waals surface area contributed by atoms with Crippen LogP contribution in [0.1, 0.15) is 5.69 Å². The molecule has 1 aromatic carbocycles. The summed E-state index contributed by atoms with van der Waals surface area (Å²) in [6.07, 6.45) is 2.85. The molecule has 0 unspecified atom stereocenters. The van der Waals surface area contributed by atoms with E-state index in [1.165, 1.54) is 12.7 Å². The molecule has 0 aliphatic carbocycles. The van der Waals surface area contributed by atoms with Crippen LogP contribution < -0.4 is 5.32 Å². The van der Waals surface area contributed by atoms with Crippen molar-refractivity contribution in [1.29, 1.82) is 0 Å². The Balaban J connectivity index is 2.00. The topological polar surface area (TPSA) is 55.1 Å². The zero-order valence-corrected chi connectivity index (χ0v) is 10.1. The molecule has 0 saturated heterocycles. The van der Waals surface area contributed by atoms with Crippen LogP contribution in [0, 0.1) is 0 Å². The molecule has 0 spiro atoms. The minimum absolute atomic E-state index is 0.150. The standard InChI is InChI=1S/C11H8Cl2N2O2/c12-9-2-1-7(3-10(9)13)15-11(16)4-8-5-17-6-14-8/h1-3,5-6H,4H2,(H,15,16). The molecule has 0 aliphatic rings. The van der Waals surface area contributed by atoms with Gasteiger partial charge in [0.1, 0.15) is 6.26 Å². The maximum absolute atomic E-state index is 11.6. The zero-order chi connectivity index (χ0) is 12.3. The largest absolute Gasteiger partial charge is 0.451 e. The molecule has 2 aromatic rings. The Hall–Kier alpha value is -1.52. The second kappa shape index (κ2) is 5.21. The smallest absolute Gasteiger partial charge is 0.230 e. The summed E-state index contributed by atoms with van der Waals surface area (Å²) in [5.74, 6) is -0.197. The molecular weight excluding hydrogens is 263 g/mol. The van der Waals surface area contributed by atoms with Crippen molar-refractivity contribution in [3.05, 3.63) is 46.6 Å². The van der Waals surface area contributed by atoms with E-state index in [0.29, 0.717) is 21.4 Å². The number of oxazole rings is 1. The maximum Gasteiger partial charge on any atom is 0.230 e. The Morgan fingerprint density at radius 1 is 1.35 bits per heavy atom. The van der Waals surface area contributed by atoms with Gasteiger partial charge in [-0.15, -0.1) is 0 Å². The third-order valence-corrected chi connectivity index (χ3v) is 2.77. The van der Waals surface area contributed by atoms with E-state index in [2.05, 4.69) is 10.3 Å². The number of amides is 1. The van der Waals surface area contributed by atoms with E-state index >= 15 is 0 Å². The summed E-state index contributed by atoms with van der Waals surface area (Å²) in [4.78, 5) is 15.5. The van der Waals surface area contributed by atoms with E-state index in [4.69, 9.17) is 27.6 Å². The molecular formula is C11H8Cl2N2O2. The van der Waals surface area contributed by atoms with Gasteiger partial charge in [-0.2, -0.15) is 0 Å². The molecule has 1 heterocycles. The number of carbonyl (C=O) groups excluding carboxylic acids is 1. The lowest BCUT2D eigenvalue weighted by Gasteiger charge is -2.04. The third-order valence-electron chi connectivity index (χ3n) is 2.03. The maximum atomic E-state index is 11.6. The molecule has 1 aromatic heterocycles. The lowest BCUT2D eigenvalue weighted by atomic mass is 10.3. The van der Waals surface area contributed by atoms with Crippen molar-refractivity contribution in [2.45, 2.75) is 6.42 Å². The van der Waals surface area contributed by atoms with Crippen molar-refractivity contribution < 1.29 is 9.21 Å². The van der Waals surface area contributed by atoms with E-state index < -0.39 is 0 Å². The Bertz CT molecular complexity index is 526. The average molecular weight is 271 g/mol. The van der Waals surface area contributed by atoms with Gasteiger partial charge in [-0.25, -0.2) is 4.98 Å². The second-order valence-electron chi connectivity index (χ2n) is 3.33. The van der Waals surface area contributed by atoms with Gasteiger partial charge in [0, 0.05) is 5.69 Å². The number of benzene rings is 1. The van der Waals surface area contributed by atoms with Crippen LogP contribution in [-0.4, -0.2) is 10.9 Å². The first-order valence-corrected chi connectivity index (χ1v) is 5.53. The van der Waals surface area contributed by atoms with Crippen molar-refractivity contribution in [1.82, 2.24) is 4.98 Å². The number of nitrogens with zero attached hydrogens (tertiary/aromatic N) is 1. The normalized spacial score (nSPS) is 10.2. The van der Waals surface area contributed by atoms with Crippen LogP contribution in [0.4, 0.5) is 5.69 Å². The molecule has 17 heavy (non-hydrogen) atoms. The summed E-state index contributed by atoms with van der Waals surface area (Å²) in [6, 6.07) is 4.88. The SMILES string of the molecule is O=C(Cc1cocn1)Nc1ccc(Cl)c(Cl)c1. The monoisotopic (exact) mass is 270 g/mol. The summed E-state index contributed by atoms with van der Waals surface area (Å²) >= 11 is 11.6. The average Bonchev–Trinajstić information content (AvgIpc) is 2.76. The molecule has 6 heteroatoms. The summed E-state index contributed by atoms with van der Waals surface area (Å²) in [5.41, 5.74) is 1.16. The van der Waals surface area contributed by atoms with Gasteiger partial charge in [0.25, 0.3) is 0 Å². The second-order valence-corrected chi connectivity index (χ2v) is 4.15. The number of halogens is 2. The van der Waals surface area contributed by atoms with Crippen molar-refractivity contribution in [2.24, 2.45) is 0 Å². The summed E-state index contributed by atoms with van der Waals surface area (Å²) in [5, 5.41) is 3.52. The molecule has 4 nitrogen and oxygen atoms in total. The van der Waals surface area contributed by atoms with Crippen LogP contribution in [0.25, 0.3) is 0 Å². The number of hydrogen-bond donors (Lipinski definition) is 1. The molecule has 0 saturated carbocycles. The molecule has 0 fully saturated rings. The summed E-state index contributed by atoms with van der Waals surface area (Å²) < 4.78 is 4.77. The van der Waals surface area contributed by atoms with Crippen molar-refractivity contribution in [2.75, 3.05) is 5.32 Å². The highest BCUT2D eigenvalue weighted by molar-refractivity contribution is 6.42. The molecule has 0 aliphatic heterocycles. The minimum atomic E-state index is -0.197. The summed E-state index contributed by atoms with van der Waals surface area (Å²) in [6.45, 7) is 0. The van der Waals surface area contributed by atoms with E-state index in [-0.39, 0.29) is 12.3 Å². The third kappa shape index (κ3) is 3.22. The van der Waals surface area contributed by atoms with Crippen molar-refractivity contribution >= 4 is 34.8 Å². The molecule has 88 valence electrons. The molecule has 1 amide bonds. The highest BCUT2D eigenvalue weighted by Crippen LogP contribution is 2.24. The number of rotatable bonds is 3. The van der Waals surface area contributed by atoms with Crippen molar-refractivity contribution in [3.8, 4) is 0 Å². The van der Waals surface area contributed by atoms with Crippen LogP contribution in [0.2, 0.25) is 10.0 Å². The Morgan fingerprint density at radius 2 is 2.18 bits per heavy atom. The van der Waals surface area contributed by atoms with E-state index in [0.717, 1.165) is 0 Å². The van der Waals surface area contributed by atoms with Gasteiger partial charge in [-0.1, -0.05) is 23.2 Å². The van der Waals surface area contributed by atoms with Crippen LogP contribution >= 0.6 is 23.2 Å². The predicted molar refractivity (Wildman–Crippen MR) is 65.3 cm³/mol. The minimum Gasteiger partial charge on any atom is -0.451 e. The number of nitrogens with one attached hydrogen (secondary N) is 1. The van der Waals surface area contributed by atoms with Gasteiger partial charge in [-0.05, 0) is 18.2 Å². The number of anilines is 1. The molecule has 0 bridgehead atoms. The van der Waals surface area contributed by atoms with Gasteiger partial charge in [0.05, 0.1) is 22.2 Å². The highest BCUT2D eigenvalue weighted by atomic mass is 35.5. The lowest BCUT2D eigenvalue weighted by Crippen LogP contribution is -2.14. The quantitative estimate of drug-likeness (QED) is 0.932.